The van der Waals surface area contributed by atoms with Crippen LogP contribution in [-0.4, -0.2) is 47.3 Å². The zero-order valence-corrected chi connectivity index (χ0v) is 37.3. The molecule has 0 aromatic heterocycles. The molecule has 5 aromatic rings. The average molecular weight is 957 g/mol. The summed E-state index contributed by atoms with van der Waals surface area (Å²) in [6.45, 7) is 5.62. The van der Waals surface area contributed by atoms with Crippen LogP contribution in [0.15, 0.2) is 105 Å². The Morgan fingerprint density at radius 1 is 0.484 bits per heavy atom. The first-order valence-corrected chi connectivity index (χ1v) is 20.2. The maximum atomic E-state index is 13.4. The van der Waals surface area contributed by atoms with E-state index in [-0.39, 0.29) is 48.3 Å². The Morgan fingerprint density at radius 3 is 1.27 bits per heavy atom. The number of halogens is 6. The summed E-state index contributed by atoms with van der Waals surface area (Å²) in [5.74, 6) is -4.04. The topological polar surface area (TPSA) is 200 Å². The molecule has 0 radical (unpaired) electrons. The molecule has 0 spiro atoms. The Bertz CT molecular complexity index is 2690. The third-order valence-electron chi connectivity index (χ3n) is 8.54. The first-order chi connectivity index (χ1) is 29.3. The van der Waals surface area contributed by atoms with E-state index in [0.717, 1.165) is 6.92 Å². The van der Waals surface area contributed by atoms with Crippen LogP contribution in [0.2, 0.25) is 30.1 Å². The molecule has 14 nitrogen and oxygen atoms in total. The predicted octanol–water partition coefficient (Wildman–Crippen LogP) is 12.1. The van der Waals surface area contributed by atoms with E-state index < -0.39 is 47.3 Å². The van der Waals surface area contributed by atoms with Gasteiger partial charge in [0.15, 0.2) is 11.6 Å². The van der Waals surface area contributed by atoms with Crippen molar-refractivity contribution in [3.63, 3.8) is 0 Å². The minimum absolute atomic E-state index is 0.0831. The Morgan fingerprint density at radius 2 is 0.887 bits per heavy atom. The summed E-state index contributed by atoms with van der Waals surface area (Å²) in [6.07, 6.45) is 0. The van der Waals surface area contributed by atoms with Crippen molar-refractivity contribution >= 4 is 139 Å². The molecule has 20 heteroatoms. The third kappa shape index (κ3) is 12.7. The lowest BCUT2D eigenvalue weighted by Crippen LogP contribution is -2.33. The molecule has 0 aliphatic heterocycles. The van der Waals surface area contributed by atoms with Crippen LogP contribution in [0, 0.1) is 13.8 Å². The van der Waals surface area contributed by atoms with Crippen molar-refractivity contribution in [1.82, 2.24) is 0 Å². The Hall–Kier alpha value is -5.74. The highest BCUT2D eigenvalue weighted by Crippen LogP contribution is 2.31. The largest absolute Gasteiger partial charge is 0.324 e. The van der Waals surface area contributed by atoms with Gasteiger partial charge in [0, 0.05) is 42.6 Å². The molecule has 5 rings (SSSR count). The molecule has 2 atom stereocenters. The number of carbonyl (C=O) groups is 6. The van der Waals surface area contributed by atoms with Gasteiger partial charge in [-0.3, -0.25) is 28.8 Å². The Kier molecular flexibility index (Phi) is 15.9. The van der Waals surface area contributed by atoms with Crippen LogP contribution in [0.4, 0.5) is 34.1 Å². The van der Waals surface area contributed by atoms with Crippen LogP contribution in [-0.2, 0) is 19.2 Å². The highest BCUT2D eigenvalue weighted by atomic mass is 35.5. The van der Waals surface area contributed by atoms with Crippen molar-refractivity contribution in [2.45, 2.75) is 39.8 Å². The summed E-state index contributed by atoms with van der Waals surface area (Å²) in [5, 5.41) is 28.1. The molecule has 318 valence electrons. The number of hydrogen-bond donors (Lipinski definition) is 4. The zero-order valence-electron chi connectivity index (χ0n) is 32.7. The smallest absolute Gasteiger partial charge is 0.258 e. The number of hydrogen-bond acceptors (Lipinski definition) is 10. The molecule has 0 saturated heterocycles. The number of amides is 4. The molecule has 5 aromatic carbocycles. The minimum Gasteiger partial charge on any atom is -0.324 e. The average Bonchev–Trinajstić information content (AvgIpc) is 3.17. The van der Waals surface area contributed by atoms with Crippen LogP contribution in [0.1, 0.15) is 45.7 Å². The third-order valence-corrected chi connectivity index (χ3v) is 10.1. The number of anilines is 4. The van der Waals surface area contributed by atoms with Gasteiger partial charge in [-0.2, -0.15) is 20.5 Å². The number of benzene rings is 5. The fraction of sp³-hybridized carbons (Fsp3) is 0.143. The Balaban J connectivity index is 1.26. The van der Waals surface area contributed by atoms with Gasteiger partial charge in [-0.1, -0.05) is 69.6 Å². The number of nitrogens with zero attached hydrogens (tertiary/aromatic N) is 4. The van der Waals surface area contributed by atoms with E-state index >= 15 is 0 Å². The molecule has 4 N–H and O–H groups in total. The van der Waals surface area contributed by atoms with E-state index in [0.29, 0.717) is 38.2 Å². The van der Waals surface area contributed by atoms with E-state index in [4.69, 9.17) is 69.6 Å². The first kappa shape index (κ1) is 47.3. The predicted molar refractivity (Wildman–Crippen MR) is 243 cm³/mol. The minimum atomic E-state index is -1.59. The molecule has 0 saturated carbocycles. The van der Waals surface area contributed by atoms with Gasteiger partial charge in [-0.05, 0) is 124 Å². The lowest BCUT2D eigenvalue weighted by molar-refractivity contribution is -0.127. The monoisotopic (exact) mass is 954 g/mol. The second-order valence-corrected chi connectivity index (χ2v) is 16.0. The van der Waals surface area contributed by atoms with Crippen LogP contribution < -0.4 is 21.3 Å². The van der Waals surface area contributed by atoms with Crippen LogP contribution in [0.25, 0.3) is 0 Å². The van der Waals surface area contributed by atoms with E-state index in [9.17, 15) is 28.8 Å². The second-order valence-electron chi connectivity index (χ2n) is 13.5. The molecule has 0 aliphatic carbocycles. The molecular formula is C42H32Cl6N8O6. The Labute approximate surface area is 384 Å². The molecule has 62 heavy (non-hydrogen) atoms. The summed E-state index contributed by atoms with van der Waals surface area (Å²) < 4.78 is 0. The first-order valence-electron chi connectivity index (χ1n) is 18.0. The normalized spacial score (nSPS) is 12.2. The maximum absolute atomic E-state index is 13.4. The van der Waals surface area contributed by atoms with Crippen molar-refractivity contribution in [3.05, 3.63) is 137 Å². The number of aryl methyl sites for hydroxylation is 2. The maximum Gasteiger partial charge on any atom is 0.258 e. The summed E-state index contributed by atoms with van der Waals surface area (Å²) in [5.41, 5.74) is 2.49. The van der Waals surface area contributed by atoms with E-state index in [1.807, 2.05) is 0 Å². The van der Waals surface area contributed by atoms with Gasteiger partial charge in [0.1, 0.15) is 0 Å². The van der Waals surface area contributed by atoms with E-state index in [1.54, 1.807) is 26.0 Å². The van der Waals surface area contributed by atoms with Gasteiger partial charge < -0.3 is 21.3 Å². The van der Waals surface area contributed by atoms with Gasteiger partial charge in [-0.15, -0.1) is 0 Å². The fourth-order valence-corrected chi connectivity index (χ4v) is 6.99. The van der Waals surface area contributed by atoms with E-state index in [1.165, 1.54) is 79.7 Å². The molecule has 0 heterocycles. The number of Topliss-reactive ketones (excluding diaryl/α,β-unsaturated/α-hetero) is 2. The summed E-state index contributed by atoms with van der Waals surface area (Å²) >= 11 is 36.7. The van der Waals surface area contributed by atoms with Gasteiger partial charge >= 0.3 is 0 Å². The highest BCUT2D eigenvalue weighted by Gasteiger charge is 2.26. The lowest BCUT2D eigenvalue weighted by Gasteiger charge is -2.17. The molecule has 0 fully saturated rings. The highest BCUT2D eigenvalue weighted by molar-refractivity contribution is 6.38. The number of azo groups is 2. The standard InChI is InChI=1S/C42H32Cl6N8O6/c1-19-9-29(49-41(61)37(21(3)57)55-53-30-13-23(11-27(45)15-30)39(59)50-34-7-5-25(43)17-32(34)47)10-20(2)36(19)52-42(62)38(22(4)58)56-54-31-14-24(12-28(46)16-31)40(60)51-35-8-6-26(44)18-33(35)48/h5-18,37-38H,1-4H3,(H,49,61)(H,50,59)(H,51,60)(H,52,62). The number of nitrogens with one attached hydrogen (secondary N) is 4. The second kappa shape index (κ2) is 20.9. The number of ketones is 2. The quantitative estimate of drug-likeness (QED) is 0.0630. The number of carbonyl (C=O) groups excluding carboxylic acids is 6. The molecular weight excluding hydrogens is 925 g/mol. The lowest BCUT2D eigenvalue weighted by atomic mass is 10.1. The number of rotatable bonds is 14. The van der Waals surface area contributed by atoms with Crippen LogP contribution in [0.3, 0.4) is 0 Å². The summed E-state index contributed by atoms with van der Waals surface area (Å²) in [4.78, 5) is 77.9. The van der Waals surface area contributed by atoms with Gasteiger partial charge in [0.2, 0.25) is 12.1 Å². The van der Waals surface area contributed by atoms with Crippen LogP contribution >= 0.6 is 69.6 Å². The van der Waals surface area contributed by atoms with Crippen LogP contribution in [0.5, 0.6) is 0 Å². The van der Waals surface area contributed by atoms with Crippen molar-refractivity contribution in [1.29, 1.82) is 0 Å². The van der Waals surface area contributed by atoms with Crippen molar-refractivity contribution in [2.24, 2.45) is 20.5 Å². The zero-order chi connectivity index (χ0) is 45.4. The van der Waals surface area contributed by atoms with E-state index in [2.05, 4.69) is 41.7 Å². The molecule has 4 amide bonds. The van der Waals surface area contributed by atoms with Crippen molar-refractivity contribution < 1.29 is 28.8 Å². The summed E-state index contributed by atoms with van der Waals surface area (Å²) in [6, 6.07) is 17.2. The SMILES string of the molecule is CC(=O)C(N=Nc1cc(Cl)cc(C(=O)Nc2ccc(Cl)cc2Cl)c1)C(=O)Nc1cc(C)c(NC(=O)C(N=Nc2cc(Cl)cc(C(=O)Nc3ccc(Cl)cc3Cl)c2)C(C)=O)c(C)c1. The molecule has 0 aliphatic rings. The molecule has 2 unspecified atom stereocenters. The van der Waals surface area contributed by atoms with Gasteiger partial charge in [0.25, 0.3) is 23.6 Å². The summed E-state index contributed by atoms with van der Waals surface area (Å²) in [7, 11) is 0. The van der Waals surface area contributed by atoms with Crippen molar-refractivity contribution in [2.75, 3.05) is 21.3 Å². The van der Waals surface area contributed by atoms with Crippen molar-refractivity contribution in [3.8, 4) is 0 Å². The fourth-order valence-electron chi connectivity index (χ4n) is 5.62. The van der Waals surface area contributed by atoms with Gasteiger partial charge in [-0.25, -0.2) is 0 Å². The molecule has 0 bridgehead atoms. The van der Waals surface area contributed by atoms with Gasteiger partial charge in [0.05, 0.1) is 32.8 Å².